The predicted molar refractivity (Wildman–Crippen MR) is 238 cm³/mol. The van der Waals surface area contributed by atoms with Gasteiger partial charge in [-0.25, -0.2) is 0 Å². The Labute approximate surface area is 330 Å². The van der Waals surface area contributed by atoms with Gasteiger partial charge in [0.1, 0.15) is 0 Å². The van der Waals surface area contributed by atoms with E-state index >= 15 is 0 Å². The van der Waals surface area contributed by atoms with Crippen LogP contribution in [0.5, 0.6) is 0 Å². The molecule has 0 saturated carbocycles. The molecule has 2 aliphatic rings. The van der Waals surface area contributed by atoms with Crippen LogP contribution in [0.2, 0.25) is 0 Å². The molecule has 2 aliphatic carbocycles. The molecule has 0 radical (unpaired) electrons. The molecule has 0 fully saturated rings. The highest BCUT2D eigenvalue weighted by atomic mass is 32.1. The van der Waals surface area contributed by atoms with Crippen LogP contribution in [0, 0.1) is 6.92 Å². The van der Waals surface area contributed by atoms with Gasteiger partial charge in [0, 0.05) is 26.7 Å². The summed E-state index contributed by atoms with van der Waals surface area (Å²) in [5.41, 5.74) is 17.5. The van der Waals surface area contributed by atoms with Gasteiger partial charge in [-0.3, -0.25) is 0 Å². The molecule has 0 amide bonds. The maximum Gasteiger partial charge on any atom is 0.0726 e. The van der Waals surface area contributed by atoms with Gasteiger partial charge in [0.15, 0.2) is 0 Å². The largest absolute Gasteiger partial charge is 0.308 e. The highest BCUT2D eigenvalue weighted by Gasteiger charge is 2.52. The van der Waals surface area contributed by atoms with Crippen molar-refractivity contribution in [3.05, 3.63) is 222 Å². The van der Waals surface area contributed by atoms with E-state index in [1.807, 2.05) is 11.3 Å². The summed E-state index contributed by atoms with van der Waals surface area (Å²) in [7, 11) is 0. The first-order chi connectivity index (χ1) is 27.7. The first-order valence-corrected chi connectivity index (χ1v) is 20.3. The van der Waals surface area contributed by atoms with Gasteiger partial charge in [-0.1, -0.05) is 164 Å². The van der Waals surface area contributed by atoms with Gasteiger partial charge in [0.05, 0.1) is 21.5 Å². The van der Waals surface area contributed by atoms with Crippen LogP contribution in [0.15, 0.2) is 194 Å². The quantitative estimate of drug-likeness (QED) is 0.174. The third kappa shape index (κ3) is 4.20. The molecule has 1 nitrogen and oxygen atoms in total. The van der Waals surface area contributed by atoms with Gasteiger partial charge in [-0.15, -0.1) is 11.3 Å². The van der Waals surface area contributed by atoms with Gasteiger partial charge >= 0.3 is 0 Å². The number of hydrogen-bond donors (Lipinski definition) is 0. The number of fused-ring (bicyclic) bond motifs is 15. The van der Waals surface area contributed by atoms with Crippen LogP contribution in [0.3, 0.4) is 0 Å². The number of nitrogens with zero attached hydrogens (tertiary/aromatic N) is 1. The molecule has 9 aromatic carbocycles. The van der Waals surface area contributed by atoms with E-state index in [1.165, 1.54) is 104 Å². The van der Waals surface area contributed by atoms with Crippen LogP contribution >= 0.6 is 11.3 Å². The van der Waals surface area contributed by atoms with E-state index in [2.05, 4.69) is 206 Å². The van der Waals surface area contributed by atoms with Crippen LogP contribution in [-0.2, 0) is 5.41 Å². The van der Waals surface area contributed by atoms with Crippen LogP contribution in [-0.4, -0.2) is 0 Å². The number of aryl methyl sites for hydroxylation is 1. The molecule has 262 valence electrons. The van der Waals surface area contributed by atoms with E-state index in [-0.39, 0.29) is 0 Å². The Morgan fingerprint density at radius 2 is 0.982 bits per heavy atom. The first-order valence-electron chi connectivity index (χ1n) is 19.4. The molecular formula is C54H35NS. The van der Waals surface area contributed by atoms with Crippen molar-refractivity contribution in [2.75, 3.05) is 4.90 Å². The van der Waals surface area contributed by atoms with E-state index < -0.39 is 5.41 Å². The van der Waals surface area contributed by atoms with Crippen LogP contribution in [0.4, 0.5) is 17.1 Å². The lowest BCUT2D eigenvalue weighted by Gasteiger charge is -2.32. The summed E-state index contributed by atoms with van der Waals surface area (Å²) in [6, 6.07) is 72.3. The van der Waals surface area contributed by atoms with Crippen molar-refractivity contribution in [1.82, 2.24) is 0 Å². The number of benzene rings is 9. The zero-order valence-electron chi connectivity index (χ0n) is 30.8. The first kappa shape index (κ1) is 31.6. The van der Waals surface area contributed by atoms with E-state index in [9.17, 15) is 0 Å². The van der Waals surface area contributed by atoms with Crippen molar-refractivity contribution < 1.29 is 0 Å². The Morgan fingerprint density at radius 1 is 0.429 bits per heavy atom. The zero-order valence-corrected chi connectivity index (χ0v) is 31.6. The van der Waals surface area contributed by atoms with Crippen LogP contribution in [0.1, 0.15) is 27.8 Å². The molecule has 1 heterocycles. The van der Waals surface area contributed by atoms with E-state index in [1.54, 1.807) is 0 Å². The minimum Gasteiger partial charge on any atom is -0.308 e. The topological polar surface area (TPSA) is 3.24 Å². The van der Waals surface area contributed by atoms with Crippen molar-refractivity contribution in [2.45, 2.75) is 12.3 Å². The maximum atomic E-state index is 2.55. The third-order valence-electron chi connectivity index (χ3n) is 12.4. The Hall–Kier alpha value is -6.74. The third-order valence-corrected chi connectivity index (χ3v) is 13.7. The average Bonchev–Trinajstić information content (AvgIpc) is 3.91. The van der Waals surface area contributed by atoms with Crippen LogP contribution < -0.4 is 4.90 Å². The second-order valence-electron chi connectivity index (χ2n) is 15.2. The molecule has 1 aromatic heterocycles. The fourth-order valence-corrected chi connectivity index (χ4v) is 11.4. The molecule has 0 unspecified atom stereocenters. The molecule has 2 heteroatoms. The fraction of sp³-hybridized carbons (Fsp3) is 0.0370. The fourth-order valence-electron chi connectivity index (χ4n) is 10.1. The highest BCUT2D eigenvalue weighted by molar-refractivity contribution is 7.26. The second-order valence-corrected chi connectivity index (χ2v) is 16.2. The van der Waals surface area contributed by atoms with E-state index in [0.29, 0.717) is 0 Å². The molecule has 12 rings (SSSR count). The van der Waals surface area contributed by atoms with Gasteiger partial charge in [-0.2, -0.15) is 0 Å². The number of rotatable bonds is 4. The Balaban J connectivity index is 1.18. The second kappa shape index (κ2) is 11.9. The summed E-state index contributed by atoms with van der Waals surface area (Å²) in [6.45, 7) is 2.27. The predicted octanol–water partition coefficient (Wildman–Crippen LogP) is 15.0. The van der Waals surface area contributed by atoms with Crippen LogP contribution in [0.25, 0.3) is 64.3 Å². The molecule has 0 bridgehead atoms. The maximum absolute atomic E-state index is 2.55. The number of thiophene rings is 1. The Bertz CT molecular complexity index is 3160. The number of anilines is 3. The lowest BCUT2D eigenvalue weighted by atomic mass is 9.70. The standard InChI is InChI=1S/C54H35NS/c1-34-33-37-17-5-6-18-39(37)50-43-22-13-28-49(53(43)56-52(34)50)55(38-31-29-36(30-32-38)35-15-3-2-4-16-35)48-27-14-26-47-51(48)42-21-9-12-25-46(42)54(47)44-23-10-7-19-40(44)41-20-8-11-24-45(41)54/h2-33H,1H3. The van der Waals surface area contributed by atoms with Gasteiger partial charge in [0.2, 0.25) is 0 Å². The number of hydrogen-bond acceptors (Lipinski definition) is 2. The van der Waals surface area contributed by atoms with Crippen molar-refractivity contribution in [2.24, 2.45) is 0 Å². The van der Waals surface area contributed by atoms with E-state index in [4.69, 9.17) is 0 Å². The monoisotopic (exact) mass is 729 g/mol. The Morgan fingerprint density at radius 3 is 1.73 bits per heavy atom. The van der Waals surface area contributed by atoms with Crippen molar-refractivity contribution in [1.29, 1.82) is 0 Å². The molecular weight excluding hydrogens is 695 g/mol. The average molecular weight is 730 g/mol. The lowest BCUT2D eigenvalue weighted by Crippen LogP contribution is -2.26. The SMILES string of the molecule is Cc1cc2ccccc2c2c1sc1c(N(c3ccc(-c4ccccc4)cc3)c3cccc4c3-c3ccccc3C43c4ccccc4-c4ccccc43)cccc12. The van der Waals surface area contributed by atoms with Gasteiger partial charge in [-0.05, 0) is 104 Å². The normalized spacial score (nSPS) is 13.2. The summed E-state index contributed by atoms with van der Waals surface area (Å²) in [6.07, 6.45) is 0. The molecule has 0 aliphatic heterocycles. The zero-order chi connectivity index (χ0) is 37.0. The summed E-state index contributed by atoms with van der Waals surface area (Å²) in [5, 5.41) is 5.25. The summed E-state index contributed by atoms with van der Waals surface area (Å²) < 4.78 is 2.65. The summed E-state index contributed by atoms with van der Waals surface area (Å²) in [4.78, 5) is 2.55. The molecule has 0 N–H and O–H groups in total. The molecule has 10 aromatic rings. The molecule has 0 atom stereocenters. The molecule has 1 spiro atoms. The van der Waals surface area contributed by atoms with Gasteiger partial charge in [0.25, 0.3) is 0 Å². The van der Waals surface area contributed by atoms with E-state index in [0.717, 1.165) is 5.69 Å². The van der Waals surface area contributed by atoms with Crippen molar-refractivity contribution in [3.8, 4) is 33.4 Å². The minimum absolute atomic E-state index is 0.419. The van der Waals surface area contributed by atoms with Crippen molar-refractivity contribution in [3.63, 3.8) is 0 Å². The Kier molecular flexibility index (Phi) is 6.70. The summed E-state index contributed by atoms with van der Waals surface area (Å²) in [5.74, 6) is 0. The molecule has 0 saturated heterocycles. The highest BCUT2D eigenvalue weighted by Crippen LogP contribution is 2.65. The summed E-state index contributed by atoms with van der Waals surface area (Å²) >= 11 is 1.92. The minimum atomic E-state index is -0.419. The molecule has 56 heavy (non-hydrogen) atoms. The smallest absolute Gasteiger partial charge is 0.0726 e. The van der Waals surface area contributed by atoms with Gasteiger partial charge < -0.3 is 4.90 Å². The lowest BCUT2D eigenvalue weighted by molar-refractivity contribution is 0.794. The van der Waals surface area contributed by atoms with Crippen molar-refractivity contribution >= 4 is 59.3 Å².